The van der Waals surface area contributed by atoms with Gasteiger partial charge in [0.15, 0.2) is 7.59 Å². The van der Waals surface area contributed by atoms with Crippen molar-refractivity contribution in [2.45, 2.75) is 59.2 Å². The van der Waals surface area contributed by atoms with Crippen molar-refractivity contribution in [3.63, 3.8) is 0 Å². The second kappa shape index (κ2) is 22.1. The van der Waals surface area contributed by atoms with Crippen molar-refractivity contribution >= 4 is 69.6 Å². The average Bonchev–Trinajstić information content (AvgIpc) is 3.34. The molecular weight excluding hydrogens is 648 g/mol. The molecule has 1 radical (unpaired) electrons. The summed E-state index contributed by atoms with van der Waals surface area (Å²) in [5, 5.41) is 33.0. The molecule has 4 N–H and O–H groups in total. The van der Waals surface area contributed by atoms with Crippen LogP contribution in [-0.2, 0) is 29.9 Å². The van der Waals surface area contributed by atoms with E-state index >= 15 is 0 Å². The Kier molecular flexibility index (Phi) is 24.3. The van der Waals surface area contributed by atoms with Crippen molar-refractivity contribution in [2.75, 3.05) is 0 Å². The summed E-state index contributed by atoms with van der Waals surface area (Å²) in [6, 6.07) is 0. The number of rotatable bonds is 8. The summed E-state index contributed by atoms with van der Waals surface area (Å²) in [5.74, 6) is 0. The molecule has 2 rings (SSSR count). The van der Waals surface area contributed by atoms with Gasteiger partial charge in [-0.25, -0.2) is 30.8 Å². The molecule has 0 atom stereocenters. The van der Waals surface area contributed by atoms with Gasteiger partial charge < -0.3 is 0 Å². The van der Waals surface area contributed by atoms with Gasteiger partial charge in [0.2, 0.25) is 0 Å². The quantitative estimate of drug-likeness (QED) is 0.174. The Hall–Kier alpha value is -1.07. The average molecular weight is 672 g/mol. The maximum absolute atomic E-state index is 8.47. The summed E-state index contributed by atoms with van der Waals surface area (Å²) < 4.78 is 1.28. The smallest absolute Gasteiger partial charge is 0.253 e. The third kappa shape index (κ3) is 37.6. The molecule has 2 heterocycles. The maximum atomic E-state index is 8.47. The molecule has 0 saturated heterocycles. The second-order valence-electron chi connectivity index (χ2n) is 5.97. The molecule has 0 fully saturated rings. The monoisotopic (exact) mass is 669 g/mol. The van der Waals surface area contributed by atoms with Crippen molar-refractivity contribution in [3.05, 3.63) is 35.1 Å². The molecule has 0 bridgehead atoms. The van der Waals surface area contributed by atoms with Gasteiger partial charge in [-0.05, 0) is 38.5 Å². The Morgan fingerprint density at radius 2 is 0.943 bits per heavy atom. The van der Waals surface area contributed by atoms with Crippen LogP contribution < -0.4 is 0 Å². The zero-order valence-corrected chi connectivity index (χ0v) is 23.3. The Morgan fingerprint density at radius 3 is 1.14 bits per heavy atom. The predicted octanol–water partition coefficient (Wildman–Crippen LogP) is 4.72. The van der Waals surface area contributed by atoms with E-state index in [1.807, 2.05) is 0 Å². The number of alkyl halides is 6. The largest absolute Gasteiger partial charge is 0.472 e. The summed E-state index contributed by atoms with van der Waals surface area (Å²) in [6.45, 7) is 1.64. The first-order chi connectivity index (χ1) is 15.6. The minimum atomic E-state index is -1.25. The van der Waals surface area contributed by atoms with Gasteiger partial charge in [0.25, 0.3) is 0 Å². The van der Waals surface area contributed by atoms with Gasteiger partial charge in [0, 0.05) is 29.9 Å². The molecule has 2 aromatic rings. The fraction of sp³-hybridized carbons (Fsp3) is 0.714. The van der Waals surface area contributed by atoms with Crippen LogP contribution in [0.25, 0.3) is 0 Å². The molecule has 0 aliphatic rings. The van der Waals surface area contributed by atoms with E-state index in [-0.39, 0.29) is 16.8 Å². The maximum Gasteiger partial charge on any atom is 0.472 e. The molecule has 0 saturated carbocycles. The van der Waals surface area contributed by atoms with E-state index in [1.165, 1.54) is 12.7 Å². The van der Waals surface area contributed by atoms with Crippen LogP contribution in [0.2, 0.25) is 0 Å². The van der Waals surface area contributed by atoms with Crippen molar-refractivity contribution in [1.82, 2.24) is 29.5 Å². The van der Waals surface area contributed by atoms with Crippen LogP contribution in [0.4, 0.5) is 0 Å². The van der Waals surface area contributed by atoms with Gasteiger partial charge in [0.05, 0.1) is 0 Å². The summed E-state index contributed by atoms with van der Waals surface area (Å²) in [5.41, 5.74) is 0. The SMILES string of the molecule is ClC(Cl)(Cl)CCCCn1cncn1.ClC(Cl)(Cl)CCCCn1cncn1.O=[N+](O)O.O=[N+](O)O.[Co]. The Bertz CT molecular complexity index is 692. The molecule has 14 nitrogen and oxygen atoms in total. The van der Waals surface area contributed by atoms with E-state index in [0.29, 0.717) is 12.8 Å². The molecule has 0 aliphatic carbocycles. The van der Waals surface area contributed by atoms with Crippen molar-refractivity contribution in [1.29, 1.82) is 0 Å². The van der Waals surface area contributed by atoms with E-state index in [4.69, 9.17) is 100 Å². The fourth-order valence-electron chi connectivity index (χ4n) is 1.89. The molecule has 0 unspecified atom stereocenters. The van der Waals surface area contributed by atoms with E-state index < -0.39 is 17.8 Å². The molecule has 35 heavy (non-hydrogen) atoms. The Morgan fingerprint density at radius 1 is 0.657 bits per heavy atom. The molecule has 2 aromatic heterocycles. The Labute approximate surface area is 240 Å². The van der Waals surface area contributed by atoms with E-state index in [9.17, 15) is 0 Å². The number of halogens is 6. The van der Waals surface area contributed by atoms with Crippen molar-refractivity contribution < 1.29 is 47.8 Å². The standard InChI is InChI=1S/2C7H10Cl3N3.Co.2H2NO3/c2*8-7(9,10)3-1-2-4-13-6-11-5-12-13;;2*2-1(3)4/h2*5-6H,1-4H2;;2*(H2,2,3,4)/q;;;2*+1. The van der Waals surface area contributed by atoms with Crippen molar-refractivity contribution in [3.8, 4) is 0 Å². The van der Waals surface area contributed by atoms with Crippen molar-refractivity contribution in [2.24, 2.45) is 0 Å². The number of nitrogens with zero attached hydrogens (tertiary/aromatic N) is 8. The van der Waals surface area contributed by atoms with E-state index in [0.717, 1.165) is 38.8 Å². The van der Waals surface area contributed by atoms with Crippen LogP contribution in [0.5, 0.6) is 0 Å². The molecule has 21 heteroatoms. The molecule has 0 aliphatic heterocycles. The molecule has 0 aromatic carbocycles. The topological polar surface area (TPSA) is 182 Å². The zero-order chi connectivity index (χ0) is 26.6. The summed E-state index contributed by atoms with van der Waals surface area (Å²) in [7, 11) is 0. The first kappa shape index (κ1) is 38.5. The number of hydrogen-bond acceptors (Lipinski definition) is 6. The molecule has 205 valence electrons. The molecule has 0 amide bonds. The van der Waals surface area contributed by atoms with Gasteiger partial charge in [-0.2, -0.15) is 10.2 Å². The minimum Gasteiger partial charge on any atom is -0.253 e. The molecule has 0 spiro atoms. The molecular formula is C14H24Cl6CoN8O6+2. The third-order valence-electron chi connectivity index (χ3n) is 3.13. The summed E-state index contributed by atoms with van der Waals surface area (Å²) in [6.07, 6.45) is 11.1. The number of aromatic nitrogens is 6. The summed E-state index contributed by atoms with van der Waals surface area (Å²) >= 11 is 33.5. The van der Waals surface area contributed by atoms with Gasteiger partial charge in [0.1, 0.15) is 35.1 Å². The fourth-order valence-corrected chi connectivity index (χ4v) is 2.70. The number of hydrogen-bond donors (Lipinski definition) is 4. The van der Waals surface area contributed by atoms with Crippen LogP contribution in [0.1, 0.15) is 38.5 Å². The van der Waals surface area contributed by atoms with Crippen LogP contribution in [-0.4, -0.2) is 68.1 Å². The van der Waals surface area contributed by atoms with Crippen LogP contribution in [0, 0.1) is 9.81 Å². The minimum absolute atomic E-state index is 0. The second-order valence-corrected chi connectivity index (χ2v) is 11.0. The first-order valence-electron chi connectivity index (χ1n) is 9.10. The van der Waals surface area contributed by atoms with Crippen LogP contribution in [0.15, 0.2) is 25.3 Å². The number of unbranched alkanes of at least 4 members (excludes halogenated alkanes) is 2. The zero-order valence-electron chi connectivity index (χ0n) is 17.8. The van der Waals surface area contributed by atoms with Crippen LogP contribution in [0.3, 0.4) is 0 Å². The van der Waals surface area contributed by atoms with Gasteiger partial charge >= 0.3 is 10.2 Å². The number of aryl methyl sites for hydroxylation is 2. The first-order valence-corrected chi connectivity index (χ1v) is 11.4. The van der Waals surface area contributed by atoms with E-state index in [1.54, 1.807) is 22.0 Å². The van der Waals surface area contributed by atoms with Gasteiger partial charge in [-0.3, -0.25) is 9.36 Å². The normalized spacial score (nSPS) is 10.2. The third-order valence-corrected chi connectivity index (χ3v) is 4.26. The van der Waals surface area contributed by atoms with Gasteiger partial charge in [-0.1, -0.05) is 69.6 Å². The van der Waals surface area contributed by atoms with Gasteiger partial charge in [-0.15, -0.1) is 0 Å². The summed E-state index contributed by atoms with van der Waals surface area (Å²) in [4.78, 5) is 24.6. The van der Waals surface area contributed by atoms with E-state index in [2.05, 4.69) is 20.2 Å². The Balaban J connectivity index is -0.000000440. The van der Waals surface area contributed by atoms with Crippen LogP contribution >= 0.6 is 69.6 Å². The predicted molar refractivity (Wildman–Crippen MR) is 123 cm³/mol.